The molecule has 1 saturated heterocycles. The zero-order valence-corrected chi connectivity index (χ0v) is 8.38. The summed E-state index contributed by atoms with van der Waals surface area (Å²) in [7, 11) is 1.76. The maximum absolute atomic E-state index is 11.2. The lowest BCUT2D eigenvalue weighted by molar-refractivity contribution is 0.133. The van der Waals surface area contributed by atoms with Crippen molar-refractivity contribution in [3.05, 3.63) is 22.4 Å². The van der Waals surface area contributed by atoms with Crippen molar-refractivity contribution in [2.75, 3.05) is 7.05 Å². The number of amides is 1. The molecule has 2 heterocycles. The number of rotatable bonds is 1. The van der Waals surface area contributed by atoms with Gasteiger partial charge in [0.05, 0.1) is 6.04 Å². The second-order valence-electron chi connectivity index (χ2n) is 3.17. The highest BCUT2D eigenvalue weighted by atomic mass is 32.1. The van der Waals surface area contributed by atoms with Crippen molar-refractivity contribution in [3.63, 3.8) is 0 Å². The van der Waals surface area contributed by atoms with Crippen LogP contribution in [0.3, 0.4) is 0 Å². The molecule has 0 saturated carbocycles. The van der Waals surface area contributed by atoms with Gasteiger partial charge in [0.15, 0.2) is 6.10 Å². The van der Waals surface area contributed by atoms with Crippen LogP contribution in [-0.2, 0) is 4.74 Å². The Morgan fingerprint density at radius 1 is 1.62 bits per heavy atom. The first-order valence-corrected chi connectivity index (χ1v) is 5.05. The number of ether oxygens (including phenoxy) is 1. The smallest absolute Gasteiger partial charge is 0.410 e. The van der Waals surface area contributed by atoms with Crippen molar-refractivity contribution in [2.24, 2.45) is 0 Å². The van der Waals surface area contributed by atoms with E-state index in [1.807, 2.05) is 24.4 Å². The Morgan fingerprint density at radius 2 is 2.38 bits per heavy atom. The van der Waals surface area contributed by atoms with Crippen LogP contribution in [0.4, 0.5) is 4.79 Å². The van der Waals surface area contributed by atoms with E-state index in [-0.39, 0.29) is 18.2 Å². The average Bonchev–Trinajstić information content (AvgIpc) is 2.70. The number of hydrogen-bond acceptors (Lipinski definition) is 3. The molecule has 1 aliphatic rings. The fourth-order valence-corrected chi connectivity index (χ4v) is 2.26. The topological polar surface area (TPSA) is 29.5 Å². The molecular weight excluding hydrogens is 186 g/mol. The Morgan fingerprint density at radius 3 is 2.85 bits per heavy atom. The summed E-state index contributed by atoms with van der Waals surface area (Å²) in [5, 5.41) is 1.99. The Hall–Kier alpha value is -1.03. The molecule has 0 bridgehead atoms. The van der Waals surface area contributed by atoms with Crippen LogP contribution in [0, 0.1) is 0 Å². The Bertz CT molecular complexity index is 309. The zero-order chi connectivity index (χ0) is 9.42. The third kappa shape index (κ3) is 1.31. The summed E-state index contributed by atoms with van der Waals surface area (Å²) < 4.78 is 5.23. The molecule has 2 rings (SSSR count). The monoisotopic (exact) mass is 197 g/mol. The summed E-state index contributed by atoms with van der Waals surface area (Å²) >= 11 is 1.62. The van der Waals surface area contributed by atoms with Gasteiger partial charge in [-0.2, -0.15) is 0 Å². The van der Waals surface area contributed by atoms with Crippen molar-refractivity contribution >= 4 is 17.4 Å². The van der Waals surface area contributed by atoms with Gasteiger partial charge in [-0.25, -0.2) is 4.79 Å². The third-order valence-electron chi connectivity index (χ3n) is 2.39. The normalized spacial score (nSPS) is 27.8. The molecule has 1 fully saturated rings. The molecular formula is C9H11NO2S. The average molecular weight is 197 g/mol. The maximum Gasteiger partial charge on any atom is 0.410 e. The first-order valence-electron chi connectivity index (χ1n) is 4.17. The van der Waals surface area contributed by atoms with Gasteiger partial charge < -0.3 is 9.64 Å². The maximum atomic E-state index is 11.2. The number of likely N-dealkylation sites (N-methyl/N-ethyl adjacent to an activating group) is 1. The molecule has 0 spiro atoms. The predicted octanol–water partition coefficient (Wildman–Crippen LogP) is 2.26. The van der Waals surface area contributed by atoms with Crippen molar-refractivity contribution < 1.29 is 9.53 Å². The van der Waals surface area contributed by atoms with Gasteiger partial charge in [0.2, 0.25) is 0 Å². The van der Waals surface area contributed by atoms with Crippen LogP contribution >= 0.6 is 11.3 Å². The number of carbonyl (C=O) groups is 1. The van der Waals surface area contributed by atoms with E-state index in [0.717, 1.165) is 4.88 Å². The van der Waals surface area contributed by atoms with Gasteiger partial charge in [-0.15, -0.1) is 11.3 Å². The Kier molecular flexibility index (Phi) is 2.00. The van der Waals surface area contributed by atoms with E-state index in [4.69, 9.17) is 4.74 Å². The first-order chi connectivity index (χ1) is 6.20. The van der Waals surface area contributed by atoms with Gasteiger partial charge in [0.25, 0.3) is 0 Å². The van der Waals surface area contributed by atoms with Crippen molar-refractivity contribution in [1.82, 2.24) is 4.90 Å². The largest absolute Gasteiger partial charge is 0.438 e. The van der Waals surface area contributed by atoms with E-state index in [1.54, 1.807) is 23.3 Å². The van der Waals surface area contributed by atoms with E-state index < -0.39 is 0 Å². The summed E-state index contributed by atoms with van der Waals surface area (Å²) in [5.74, 6) is 0. The van der Waals surface area contributed by atoms with E-state index in [9.17, 15) is 4.79 Å². The fourth-order valence-electron chi connectivity index (χ4n) is 1.41. The number of thiophene rings is 1. The van der Waals surface area contributed by atoms with Gasteiger partial charge in [0.1, 0.15) is 0 Å². The summed E-state index contributed by atoms with van der Waals surface area (Å²) in [6, 6.07) is 4.10. The van der Waals surface area contributed by atoms with Crippen LogP contribution in [0.5, 0.6) is 0 Å². The van der Waals surface area contributed by atoms with Crippen molar-refractivity contribution in [1.29, 1.82) is 0 Å². The van der Waals surface area contributed by atoms with Crippen LogP contribution in [-0.4, -0.2) is 24.1 Å². The fraction of sp³-hybridized carbons (Fsp3) is 0.444. The first kappa shape index (κ1) is 8.56. The molecule has 0 aliphatic carbocycles. The SMILES string of the molecule is C[C@H]1[C@@H](c2cccs2)OC(=O)N1C. The molecule has 0 aromatic carbocycles. The molecule has 0 unspecified atom stereocenters. The van der Waals surface area contributed by atoms with Crippen LogP contribution < -0.4 is 0 Å². The molecule has 1 aromatic rings. The lowest BCUT2D eigenvalue weighted by Crippen LogP contribution is -2.27. The van der Waals surface area contributed by atoms with Gasteiger partial charge >= 0.3 is 6.09 Å². The zero-order valence-electron chi connectivity index (χ0n) is 7.56. The third-order valence-corrected chi connectivity index (χ3v) is 3.32. The standard InChI is InChI=1S/C9H11NO2S/c1-6-8(7-4-3-5-13-7)12-9(11)10(6)2/h3-6,8H,1-2H3/t6-,8-/m0/s1. The molecule has 1 aliphatic heterocycles. The van der Waals surface area contributed by atoms with E-state index in [0.29, 0.717) is 0 Å². The van der Waals surface area contributed by atoms with E-state index in [2.05, 4.69) is 0 Å². The molecule has 0 N–H and O–H groups in total. The molecule has 1 aromatic heterocycles. The van der Waals surface area contributed by atoms with Crippen LogP contribution in [0.2, 0.25) is 0 Å². The minimum atomic E-state index is -0.231. The lowest BCUT2D eigenvalue weighted by atomic mass is 10.1. The summed E-state index contributed by atoms with van der Waals surface area (Å²) in [5.41, 5.74) is 0. The van der Waals surface area contributed by atoms with Crippen LogP contribution in [0.25, 0.3) is 0 Å². The second-order valence-corrected chi connectivity index (χ2v) is 4.15. The van der Waals surface area contributed by atoms with E-state index in [1.165, 1.54) is 0 Å². The van der Waals surface area contributed by atoms with Crippen molar-refractivity contribution in [2.45, 2.75) is 19.1 Å². The lowest BCUT2D eigenvalue weighted by Gasteiger charge is -2.14. The minimum absolute atomic E-state index is 0.0856. The molecule has 13 heavy (non-hydrogen) atoms. The number of carbonyl (C=O) groups excluding carboxylic acids is 1. The Balaban J connectivity index is 2.23. The molecule has 3 nitrogen and oxygen atoms in total. The van der Waals surface area contributed by atoms with Gasteiger partial charge in [-0.3, -0.25) is 0 Å². The summed E-state index contributed by atoms with van der Waals surface area (Å²) in [6.45, 7) is 2.00. The number of hydrogen-bond donors (Lipinski definition) is 0. The second kappa shape index (κ2) is 3.03. The van der Waals surface area contributed by atoms with Crippen LogP contribution in [0.1, 0.15) is 17.9 Å². The molecule has 1 amide bonds. The van der Waals surface area contributed by atoms with Gasteiger partial charge in [-0.1, -0.05) is 6.07 Å². The van der Waals surface area contributed by atoms with E-state index >= 15 is 0 Å². The number of nitrogens with zero attached hydrogens (tertiary/aromatic N) is 1. The highest BCUT2D eigenvalue weighted by Gasteiger charge is 2.37. The van der Waals surface area contributed by atoms with Gasteiger partial charge in [-0.05, 0) is 18.4 Å². The minimum Gasteiger partial charge on any atom is -0.438 e. The number of cyclic esters (lactones) is 1. The highest BCUT2D eigenvalue weighted by Crippen LogP contribution is 2.33. The van der Waals surface area contributed by atoms with Crippen molar-refractivity contribution in [3.8, 4) is 0 Å². The van der Waals surface area contributed by atoms with Gasteiger partial charge in [0, 0.05) is 11.9 Å². The summed E-state index contributed by atoms with van der Waals surface area (Å²) in [4.78, 5) is 13.9. The molecule has 2 atom stereocenters. The van der Waals surface area contributed by atoms with Crippen LogP contribution in [0.15, 0.2) is 17.5 Å². The Labute approximate surface area is 80.9 Å². The highest BCUT2D eigenvalue weighted by molar-refractivity contribution is 7.10. The quantitative estimate of drug-likeness (QED) is 0.691. The summed E-state index contributed by atoms with van der Waals surface area (Å²) in [6.07, 6.45) is -0.316. The predicted molar refractivity (Wildman–Crippen MR) is 50.8 cm³/mol. The molecule has 4 heteroatoms. The molecule has 70 valence electrons. The molecule has 0 radical (unpaired) electrons.